The van der Waals surface area contributed by atoms with Crippen molar-refractivity contribution in [2.75, 3.05) is 18.9 Å². The monoisotopic (exact) mass is 506 g/mol. The first-order valence-corrected chi connectivity index (χ1v) is 15.9. The van der Waals surface area contributed by atoms with Gasteiger partial charge >= 0.3 is 0 Å². The van der Waals surface area contributed by atoms with E-state index >= 15 is 0 Å². The van der Waals surface area contributed by atoms with Gasteiger partial charge < -0.3 is 14.9 Å². The fraction of sp³-hybridized carbons (Fsp3) is 0.519. The van der Waals surface area contributed by atoms with Crippen LogP contribution in [0.15, 0.2) is 36.7 Å². The molecule has 9 heteroatoms. The zero-order valence-electron chi connectivity index (χ0n) is 22.1. The van der Waals surface area contributed by atoms with Crippen LogP contribution in [0.1, 0.15) is 52.7 Å². The zero-order valence-corrected chi connectivity index (χ0v) is 23.1. The Hall–Kier alpha value is -2.75. The SMILES string of the molecule is CC(C)(C)[Si](C)(C)OCCCn1cc2c(n1)c(N)nc1cc(-c3ccnn3C3CCCCO3)ccc12. The van der Waals surface area contributed by atoms with Crippen LogP contribution < -0.4 is 5.73 Å². The van der Waals surface area contributed by atoms with Crippen LogP contribution in [0.5, 0.6) is 0 Å². The summed E-state index contributed by atoms with van der Waals surface area (Å²) in [7, 11) is -1.74. The maximum absolute atomic E-state index is 6.37. The third-order valence-electron chi connectivity index (χ3n) is 7.73. The van der Waals surface area contributed by atoms with Crippen molar-refractivity contribution in [3.05, 3.63) is 36.7 Å². The summed E-state index contributed by atoms with van der Waals surface area (Å²) in [4.78, 5) is 4.71. The average Bonchev–Trinajstić information content (AvgIpc) is 3.49. The number of anilines is 1. The molecule has 0 radical (unpaired) electrons. The highest BCUT2D eigenvalue weighted by molar-refractivity contribution is 6.74. The summed E-state index contributed by atoms with van der Waals surface area (Å²) >= 11 is 0. The van der Waals surface area contributed by atoms with Crippen LogP contribution in [-0.4, -0.2) is 46.1 Å². The fourth-order valence-corrected chi connectivity index (χ4v) is 5.66. The summed E-state index contributed by atoms with van der Waals surface area (Å²) in [5.41, 5.74) is 10.1. The average molecular weight is 507 g/mol. The molecule has 0 bridgehead atoms. The Morgan fingerprint density at radius 1 is 1.17 bits per heavy atom. The summed E-state index contributed by atoms with van der Waals surface area (Å²) in [6.07, 6.45) is 8.06. The predicted molar refractivity (Wildman–Crippen MR) is 147 cm³/mol. The van der Waals surface area contributed by atoms with E-state index in [-0.39, 0.29) is 11.3 Å². The number of nitrogens with two attached hydrogens (primary N) is 1. The highest BCUT2D eigenvalue weighted by Crippen LogP contribution is 2.37. The lowest BCUT2D eigenvalue weighted by Gasteiger charge is -2.36. The first-order chi connectivity index (χ1) is 17.1. The molecule has 4 heterocycles. The van der Waals surface area contributed by atoms with Gasteiger partial charge in [0.25, 0.3) is 0 Å². The Morgan fingerprint density at radius 2 is 2.00 bits per heavy atom. The molecule has 1 aliphatic rings. The number of nitrogens with zero attached hydrogens (tertiary/aromatic N) is 5. The van der Waals surface area contributed by atoms with Crippen LogP contribution in [0.2, 0.25) is 18.1 Å². The van der Waals surface area contributed by atoms with Crippen LogP contribution in [-0.2, 0) is 15.7 Å². The first kappa shape index (κ1) is 24.9. The molecule has 1 aliphatic heterocycles. The van der Waals surface area contributed by atoms with Crippen molar-refractivity contribution in [2.45, 2.75) is 77.4 Å². The fourth-order valence-electron chi connectivity index (χ4n) is 4.58. The zero-order chi connectivity index (χ0) is 25.5. The van der Waals surface area contributed by atoms with Crippen molar-refractivity contribution >= 4 is 35.9 Å². The Bertz CT molecular complexity index is 1360. The van der Waals surface area contributed by atoms with Crippen LogP contribution in [0.25, 0.3) is 33.1 Å². The van der Waals surface area contributed by atoms with Crippen molar-refractivity contribution in [1.82, 2.24) is 24.5 Å². The molecule has 36 heavy (non-hydrogen) atoms. The van der Waals surface area contributed by atoms with Gasteiger partial charge in [0.2, 0.25) is 0 Å². The largest absolute Gasteiger partial charge is 0.417 e. The molecule has 1 atom stereocenters. The van der Waals surface area contributed by atoms with Gasteiger partial charge in [0, 0.05) is 48.5 Å². The molecule has 0 spiro atoms. The number of pyridine rings is 1. The standard InChI is InChI=1S/C27H38N6O2Si/c1-27(2,3)36(4,5)35-16-8-14-32-18-21-20-11-10-19(17-22(20)30-26(28)25(21)31-32)23-12-13-29-33(23)24-9-6-7-15-34-24/h10-13,17-18,24H,6-9,14-16H2,1-5H3,(H2,28,30). The predicted octanol–water partition coefficient (Wildman–Crippen LogP) is 6.14. The highest BCUT2D eigenvalue weighted by atomic mass is 28.4. The maximum Gasteiger partial charge on any atom is 0.191 e. The van der Waals surface area contributed by atoms with E-state index in [9.17, 15) is 0 Å². The molecule has 3 aromatic heterocycles. The van der Waals surface area contributed by atoms with Crippen LogP contribution in [0, 0.1) is 0 Å². The van der Waals surface area contributed by atoms with E-state index in [0.29, 0.717) is 5.82 Å². The summed E-state index contributed by atoms with van der Waals surface area (Å²) in [6.45, 7) is 13.7. The van der Waals surface area contributed by atoms with Crippen LogP contribution in [0.4, 0.5) is 5.82 Å². The summed E-state index contributed by atoms with van der Waals surface area (Å²) in [6, 6.07) is 8.36. The van der Waals surface area contributed by atoms with Crippen molar-refractivity contribution < 1.29 is 9.16 Å². The molecule has 5 rings (SSSR count). The lowest BCUT2D eigenvalue weighted by Crippen LogP contribution is -2.41. The Kier molecular flexibility index (Phi) is 6.65. The van der Waals surface area contributed by atoms with Crippen LogP contribution in [0.3, 0.4) is 0 Å². The molecule has 4 aromatic rings. The molecule has 1 unspecified atom stereocenters. The van der Waals surface area contributed by atoms with E-state index < -0.39 is 8.32 Å². The normalized spacial score (nSPS) is 17.3. The molecule has 192 valence electrons. The third kappa shape index (κ3) is 4.79. The number of aromatic nitrogens is 5. The number of nitrogen functional groups attached to an aromatic ring is 1. The second-order valence-electron chi connectivity index (χ2n) is 11.3. The minimum Gasteiger partial charge on any atom is -0.417 e. The van der Waals surface area contributed by atoms with E-state index in [1.807, 2.05) is 21.6 Å². The van der Waals surface area contributed by atoms with Gasteiger partial charge in [-0.1, -0.05) is 32.9 Å². The topological polar surface area (TPSA) is 93.0 Å². The van der Waals surface area contributed by atoms with Gasteiger partial charge in [0.1, 0.15) is 5.52 Å². The van der Waals surface area contributed by atoms with Gasteiger partial charge in [-0.3, -0.25) is 4.68 Å². The summed E-state index contributed by atoms with van der Waals surface area (Å²) < 4.78 is 16.3. The van der Waals surface area contributed by atoms with Crippen molar-refractivity contribution in [3.8, 4) is 11.3 Å². The molecule has 0 amide bonds. The first-order valence-electron chi connectivity index (χ1n) is 13.0. The second kappa shape index (κ2) is 9.61. The summed E-state index contributed by atoms with van der Waals surface area (Å²) in [5.74, 6) is 0.454. The second-order valence-corrected chi connectivity index (χ2v) is 16.1. The minimum absolute atomic E-state index is 0.0150. The molecular formula is C27H38N6O2Si. The van der Waals surface area contributed by atoms with E-state index in [0.717, 1.165) is 78.5 Å². The molecule has 1 saturated heterocycles. The summed E-state index contributed by atoms with van der Waals surface area (Å²) in [5, 5.41) is 11.6. The van der Waals surface area contributed by atoms with E-state index in [1.165, 1.54) is 0 Å². The minimum atomic E-state index is -1.74. The number of benzene rings is 1. The third-order valence-corrected chi connectivity index (χ3v) is 12.3. The molecule has 8 nitrogen and oxygen atoms in total. The quantitative estimate of drug-likeness (QED) is 0.239. The number of ether oxygens (including phenoxy) is 1. The van der Waals surface area contributed by atoms with Crippen molar-refractivity contribution in [1.29, 1.82) is 0 Å². The molecule has 0 saturated carbocycles. The van der Waals surface area contributed by atoms with Gasteiger partial charge in [-0.2, -0.15) is 10.2 Å². The van der Waals surface area contributed by atoms with E-state index in [1.54, 1.807) is 0 Å². The Balaban J connectivity index is 1.37. The van der Waals surface area contributed by atoms with Gasteiger partial charge in [-0.05, 0) is 55.9 Å². The number of hydrogen-bond donors (Lipinski definition) is 1. The van der Waals surface area contributed by atoms with E-state index in [2.05, 4.69) is 63.4 Å². The Morgan fingerprint density at radius 3 is 2.75 bits per heavy atom. The maximum atomic E-state index is 6.37. The molecule has 1 fully saturated rings. The lowest BCUT2D eigenvalue weighted by atomic mass is 10.1. The number of aryl methyl sites for hydroxylation is 1. The van der Waals surface area contributed by atoms with Gasteiger partial charge in [-0.15, -0.1) is 0 Å². The highest BCUT2D eigenvalue weighted by Gasteiger charge is 2.36. The number of rotatable bonds is 7. The van der Waals surface area contributed by atoms with Crippen molar-refractivity contribution in [3.63, 3.8) is 0 Å². The molecule has 1 aromatic carbocycles. The Labute approximate surface area is 213 Å². The number of fused-ring (bicyclic) bond motifs is 3. The molecule has 0 aliphatic carbocycles. The lowest BCUT2D eigenvalue weighted by molar-refractivity contribution is -0.0383. The van der Waals surface area contributed by atoms with Crippen LogP contribution >= 0.6 is 0 Å². The van der Waals surface area contributed by atoms with Gasteiger partial charge in [0.05, 0.1) is 11.2 Å². The molecular weight excluding hydrogens is 468 g/mol. The van der Waals surface area contributed by atoms with Gasteiger partial charge in [-0.25, -0.2) is 9.67 Å². The smallest absolute Gasteiger partial charge is 0.191 e. The van der Waals surface area contributed by atoms with Gasteiger partial charge in [0.15, 0.2) is 20.4 Å². The van der Waals surface area contributed by atoms with E-state index in [4.69, 9.17) is 25.0 Å². The molecule has 2 N–H and O–H groups in total. The number of hydrogen-bond acceptors (Lipinski definition) is 6. The van der Waals surface area contributed by atoms with Crippen molar-refractivity contribution in [2.24, 2.45) is 0 Å².